The van der Waals surface area contributed by atoms with E-state index in [1.165, 1.54) is 56.9 Å². The van der Waals surface area contributed by atoms with Gasteiger partial charge in [0.2, 0.25) is 0 Å². The summed E-state index contributed by atoms with van der Waals surface area (Å²) in [5, 5.41) is 0. The van der Waals surface area contributed by atoms with Crippen molar-refractivity contribution < 1.29 is 14.3 Å². The minimum atomic E-state index is -0.597. The monoisotopic (exact) mass is 543 g/mol. The topological polar surface area (TPSA) is 61.5 Å². The molecule has 4 atom stereocenters. The smallest absolute Gasteiger partial charge is 0.328 e. The van der Waals surface area contributed by atoms with Gasteiger partial charge in [-0.2, -0.15) is 0 Å². The Morgan fingerprint density at radius 1 is 0.846 bits per heavy atom. The molecule has 224 valence electrons. The van der Waals surface area contributed by atoms with Crippen molar-refractivity contribution in [2.24, 2.45) is 29.4 Å². The maximum atomic E-state index is 12.7. The molecule has 4 heteroatoms. The molecule has 1 aromatic carbocycles. The first-order valence-corrected chi connectivity index (χ1v) is 16.0. The summed E-state index contributed by atoms with van der Waals surface area (Å²) in [4.78, 5) is 12.7. The van der Waals surface area contributed by atoms with Crippen molar-refractivity contribution in [3.63, 3.8) is 0 Å². The Kier molecular flexibility index (Phi) is 13.3. The lowest BCUT2D eigenvalue weighted by Crippen LogP contribution is -2.38. The van der Waals surface area contributed by atoms with Crippen molar-refractivity contribution in [2.45, 2.75) is 158 Å². The van der Waals surface area contributed by atoms with Crippen molar-refractivity contribution >= 4 is 5.97 Å². The zero-order chi connectivity index (χ0) is 29.3. The van der Waals surface area contributed by atoms with Crippen LogP contribution in [0.3, 0.4) is 0 Å². The summed E-state index contributed by atoms with van der Waals surface area (Å²) in [7, 11) is 0. The molecule has 0 aliphatic carbocycles. The van der Waals surface area contributed by atoms with Crippen LogP contribution in [0.5, 0.6) is 11.5 Å². The molecule has 4 nitrogen and oxygen atoms in total. The molecule has 0 fully saturated rings. The van der Waals surface area contributed by atoms with Crippen LogP contribution in [0.4, 0.5) is 0 Å². The Labute approximate surface area is 241 Å². The molecule has 0 aromatic heterocycles. The first kappa shape index (κ1) is 33.7. The van der Waals surface area contributed by atoms with E-state index in [2.05, 4.69) is 62.3 Å². The Morgan fingerprint density at radius 3 is 1.97 bits per heavy atom. The van der Waals surface area contributed by atoms with Crippen molar-refractivity contribution in [1.29, 1.82) is 0 Å². The summed E-state index contributed by atoms with van der Waals surface area (Å²) in [6.07, 6.45) is 14.3. The number of esters is 1. The number of nitrogens with two attached hydrogens (primary N) is 1. The van der Waals surface area contributed by atoms with Gasteiger partial charge in [-0.15, -0.1) is 0 Å². The molecule has 0 saturated heterocycles. The summed E-state index contributed by atoms with van der Waals surface area (Å²) < 4.78 is 12.6. The summed E-state index contributed by atoms with van der Waals surface area (Å²) in [5.41, 5.74) is 10.2. The molecule has 2 rings (SSSR count). The van der Waals surface area contributed by atoms with Crippen molar-refractivity contribution in [3.05, 3.63) is 22.3 Å². The Morgan fingerprint density at radius 2 is 1.41 bits per heavy atom. The minimum absolute atomic E-state index is 0.140. The summed E-state index contributed by atoms with van der Waals surface area (Å²) >= 11 is 0. The molecule has 1 aromatic rings. The number of rotatable bonds is 16. The van der Waals surface area contributed by atoms with Gasteiger partial charge in [0.1, 0.15) is 23.1 Å². The van der Waals surface area contributed by atoms with E-state index in [0.29, 0.717) is 18.1 Å². The van der Waals surface area contributed by atoms with Crippen LogP contribution in [-0.4, -0.2) is 17.6 Å². The Bertz CT molecular complexity index is 921. The van der Waals surface area contributed by atoms with Crippen LogP contribution < -0.4 is 15.2 Å². The first-order chi connectivity index (χ1) is 18.2. The third-order valence-corrected chi connectivity index (χ3v) is 9.07. The second-order valence-corrected chi connectivity index (χ2v) is 14.1. The molecule has 2 N–H and O–H groups in total. The van der Waals surface area contributed by atoms with Crippen LogP contribution in [0.15, 0.2) is 0 Å². The van der Waals surface area contributed by atoms with Crippen molar-refractivity contribution in [3.8, 4) is 11.5 Å². The molecular weight excluding hydrogens is 482 g/mol. The first-order valence-electron chi connectivity index (χ1n) is 16.0. The van der Waals surface area contributed by atoms with E-state index in [1.807, 2.05) is 6.92 Å². The minimum Gasteiger partial charge on any atom is -0.487 e. The molecule has 1 aliphatic heterocycles. The zero-order valence-electron chi connectivity index (χ0n) is 27.2. The highest BCUT2D eigenvalue weighted by Gasteiger charge is 2.35. The highest BCUT2D eigenvalue weighted by Crippen LogP contribution is 2.45. The number of ether oxygens (including phenoxy) is 2. The van der Waals surface area contributed by atoms with E-state index in [-0.39, 0.29) is 11.6 Å². The molecule has 0 amide bonds. The number of carbonyl (C=O) groups excluding carboxylic acids is 1. The predicted octanol–water partition coefficient (Wildman–Crippen LogP) is 9.41. The van der Waals surface area contributed by atoms with E-state index < -0.39 is 6.04 Å². The largest absolute Gasteiger partial charge is 0.487 e. The molecule has 1 aliphatic rings. The molecular formula is C35H61NO3. The quantitative estimate of drug-likeness (QED) is 0.167. The van der Waals surface area contributed by atoms with Gasteiger partial charge in [0, 0.05) is 5.56 Å². The van der Waals surface area contributed by atoms with Crippen LogP contribution in [0, 0.1) is 44.4 Å². The van der Waals surface area contributed by atoms with Gasteiger partial charge in [0.25, 0.3) is 0 Å². The van der Waals surface area contributed by atoms with Gasteiger partial charge in [-0.3, -0.25) is 0 Å². The molecule has 0 radical (unpaired) electrons. The van der Waals surface area contributed by atoms with Gasteiger partial charge in [-0.25, -0.2) is 4.79 Å². The Hall–Kier alpha value is -1.55. The Balaban J connectivity index is 1.89. The lowest BCUT2D eigenvalue weighted by molar-refractivity contribution is -0.136. The van der Waals surface area contributed by atoms with Gasteiger partial charge < -0.3 is 15.2 Å². The van der Waals surface area contributed by atoms with Crippen LogP contribution in [0.25, 0.3) is 0 Å². The zero-order valence-corrected chi connectivity index (χ0v) is 27.2. The van der Waals surface area contributed by atoms with Gasteiger partial charge in [0.05, 0.1) is 0 Å². The third kappa shape index (κ3) is 10.4. The van der Waals surface area contributed by atoms with E-state index >= 15 is 0 Å². The number of hydrogen-bond donors (Lipinski definition) is 1. The lowest BCUT2D eigenvalue weighted by atomic mass is 9.83. The van der Waals surface area contributed by atoms with E-state index in [1.54, 1.807) is 0 Å². The summed E-state index contributed by atoms with van der Waals surface area (Å²) in [5.74, 6) is 4.15. The van der Waals surface area contributed by atoms with E-state index in [0.717, 1.165) is 59.5 Å². The fourth-order valence-electron chi connectivity index (χ4n) is 6.19. The second-order valence-electron chi connectivity index (χ2n) is 14.1. The normalized spacial score (nSPS) is 19.5. The number of fused-ring (bicyclic) bond motifs is 1. The fraction of sp³-hybridized carbons (Fsp3) is 0.800. The van der Waals surface area contributed by atoms with Gasteiger partial charge in [-0.1, -0.05) is 86.5 Å². The summed E-state index contributed by atoms with van der Waals surface area (Å²) in [6.45, 7) is 22.1. The average Bonchev–Trinajstić information content (AvgIpc) is 2.84. The molecule has 0 saturated carbocycles. The number of carbonyl (C=O) groups is 1. The van der Waals surface area contributed by atoms with Crippen molar-refractivity contribution in [1.82, 2.24) is 0 Å². The van der Waals surface area contributed by atoms with Gasteiger partial charge >= 0.3 is 5.97 Å². The number of benzene rings is 1. The standard InChI is InChI=1S/C35H61NO3/c1-23(2)14-11-15-25(5)16-12-17-26(6)18-13-20-35(10)21-19-30-29(9)32(27(7)28(8)33(30)39-35)38-34(37)31(36)22-24(3)4/h23-26,31H,11-22,36H2,1-10H3/t25?,26?,31-,35?/m0/s1. The van der Waals surface area contributed by atoms with Crippen LogP contribution >= 0.6 is 0 Å². The predicted molar refractivity (Wildman–Crippen MR) is 166 cm³/mol. The van der Waals surface area contributed by atoms with Crippen molar-refractivity contribution in [2.75, 3.05) is 0 Å². The van der Waals surface area contributed by atoms with Gasteiger partial charge in [-0.05, 0) is 100 Å². The highest BCUT2D eigenvalue weighted by molar-refractivity contribution is 5.79. The van der Waals surface area contributed by atoms with E-state index in [9.17, 15) is 4.79 Å². The molecule has 0 bridgehead atoms. The van der Waals surface area contributed by atoms with Crippen LogP contribution in [0.2, 0.25) is 0 Å². The molecule has 3 unspecified atom stereocenters. The maximum Gasteiger partial charge on any atom is 0.328 e. The van der Waals surface area contributed by atoms with E-state index in [4.69, 9.17) is 15.2 Å². The maximum absolute atomic E-state index is 12.7. The third-order valence-electron chi connectivity index (χ3n) is 9.07. The molecule has 1 heterocycles. The highest BCUT2D eigenvalue weighted by atomic mass is 16.5. The molecule has 39 heavy (non-hydrogen) atoms. The number of hydrogen-bond acceptors (Lipinski definition) is 4. The van der Waals surface area contributed by atoms with Gasteiger partial charge in [0.15, 0.2) is 0 Å². The van der Waals surface area contributed by atoms with Crippen LogP contribution in [-0.2, 0) is 11.2 Å². The molecule has 0 spiro atoms. The van der Waals surface area contributed by atoms with Crippen LogP contribution in [0.1, 0.15) is 141 Å². The fourth-order valence-corrected chi connectivity index (χ4v) is 6.19. The SMILES string of the molecule is Cc1c(C)c2c(c(C)c1OC(=O)[C@@H](N)CC(C)C)CCC(C)(CCCC(C)CCCC(C)CCCC(C)C)O2. The average molecular weight is 544 g/mol. The summed E-state index contributed by atoms with van der Waals surface area (Å²) in [6, 6.07) is -0.597. The lowest BCUT2D eigenvalue weighted by Gasteiger charge is -2.38. The second kappa shape index (κ2) is 15.5.